The summed E-state index contributed by atoms with van der Waals surface area (Å²) >= 11 is 1.71. The third kappa shape index (κ3) is 4.46. The summed E-state index contributed by atoms with van der Waals surface area (Å²) in [6.45, 7) is 3.03. The monoisotopic (exact) mass is 304 g/mol. The van der Waals surface area contributed by atoms with Crippen LogP contribution in [0, 0.1) is 0 Å². The average molecular weight is 304 g/mol. The molecule has 1 heterocycles. The molecule has 0 saturated carbocycles. The fourth-order valence-corrected chi connectivity index (χ4v) is 3.63. The third-order valence-electron chi connectivity index (χ3n) is 3.34. The second kappa shape index (κ2) is 8.00. The van der Waals surface area contributed by atoms with Crippen molar-refractivity contribution in [3.05, 3.63) is 15.6 Å². The van der Waals surface area contributed by atoms with E-state index in [1.807, 2.05) is 0 Å². The van der Waals surface area contributed by atoms with E-state index >= 15 is 0 Å². The van der Waals surface area contributed by atoms with Crippen molar-refractivity contribution in [1.82, 2.24) is 10.3 Å². The molecule has 0 fully saturated rings. The lowest BCUT2D eigenvalue weighted by atomic mass is 9.98. The van der Waals surface area contributed by atoms with Crippen molar-refractivity contribution >= 4 is 11.3 Å². The summed E-state index contributed by atoms with van der Waals surface area (Å²) in [4.78, 5) is 5.98. The van der Waals surface area contributed by atoms with Crippen LogP contribution >= 0.6 is 11.3 Å². The number of ether oxygens (including phenoxy) is 1. The van der Waals surface area contributed by atoms with Gasteiger partial charge in [-0.1, -0.05) is 6.92 Å². The largest absolute Gasteiger partial charge is 0.375 e. The number of hydrogen-bond donors (Lipinski definition) is 1. The predicted molar refractivity (Wildman–Crippen MR) is 76.6 cm³/mol. The molecule has 1 aromatic rings. The number of aryl methyl sites for hydroxylation is 1. The second-order valence-electron chi connectivity index (χ2n) is 5.03. The van der Waals surface area contributed by atoms with Gasteiger partial charge in [-0.25, -0.2) is 13.8 Å². The maximum Gasteiger partial charge on any atom is 0.261 e. The molecule has 0 spiro atoms. The Balaban J connectivity index is 1.88. The van der Waals surface area contributed by atoms with E-state index in [9.17, 15) is 8.78 Å². The maximum atomic E-state index is 12.0. The van der Waals surface area contributed by atoms with Gasteiger partial charge in [-0.2, -0.15) is 0 Å². The van der Waals surface area contributed by atoms with Crippen LogP contribution in [-0.4, -0.2) is 31.2 Å². The molecule has 114 valence electrons. The summed E-state index contributed by atoms with van der Waals surface area (Å²) in [5, 5.41) is 4.57. The number of thiazole rings is 1. The molecular formula is C14H22F2N2OS. The standard InChI is InChI=1S/C14H22F2N2OS/c1-2-7-17-10-4-3-5-11-14(10)20-13(18-11)6-8-19-9-12(15)16/h10,12,17H,2-9H2,1H3. The quantitative estimate of drug-likeness (QED) is 0.748. The van der Waals surface area contributed by atoms with Crippen LogP contribution in [-0.2, 0) is 17.6 Å². The van der Waals surface area contributed by atoms with Crippen molar-refractivity contribution in [2.75, 3.05) is 19.8 Å². The molecule has 1 aromatic heterocycles. The van der Waals surface area contributed by atoms with Gasteiger partial charge in [0.1, 0.15) is 6.61 Å². The highest BCUT2D eigenvalue weighted by atomic mass is 32.1. The Labute approximate surface area is 122 Å². The highest BCUT2D eigenvalue weighted by Crippen LogP contribution is 2.34. The topological polar surface area (TPSA) is 34.2 Å². The van der Waals surface area contributed by atoms with E-state index in [-0.39, 0.29) is 0 Å². The zero-order valence-electron chi connectivity index (χ0n) is 11.8. The molecule has 0 bridgehead atoms. The molecule has 1 unspecified atom stereocenters. The highest BCUT2D eigenvalue weighted by Gasteiger charge is 2.23. The molecule has 6 heteroatoms. The van der Waals surface area contributed by atoms with Crippen molar-refractivity contribution in [3.8, 4) is 0 Å². The van der Waals surface area contributed by atoms with Gasteiger partial charge in [0.25, 0.3) is 6.43 Å². The van der Waals surface area contributed by atoms with Crippen molar-refractivity contribution in [1.29, 1.82) is 0 Å². The summed E-state index contributed by atoms with van der Waals surface area (Å²) in [5.41, 5.74) is 1.19. The summed E-state index contributed by atoms with van der Waals surface area (Å²) in [6, 6.07) is 0.423. The molecule has 1 aliphatic rings. The Morgan fingerprint density at radius 2 is 2.35 bits per heavy atom. The van der Waals surface area contributed by atoms with Crippen LogP contribution in [0.1, 0.15) is 47.8 Å². The number of alkyl halides is 2. The van der Waals surface area contributed by atoms with Gasteiger partial charge < -0.3 is 10.1 Å². The number of nitrogens with one attached hydrogen (secondary N) is 1. The Bertz CT molecular complexity index is 412. The van der Waals surface area contributed by atoms with Gasteiger partial charge in [0.15, 0.2) is 0 Å². The molecule has 20 heavy (non-hydrogen) atoms. The normalized spacial score (nSPS) is 18.5. The highest BCUT2D eigenvalue weighted by molar-refractivity contribution is 7.11. The van der Waals surface area contributed by atoms with Crippen LogP contribution in [0.5, 0.6) is 0 Å². The van der Waals surface area contributed by atoms with Gasteiger partial charge in [-0.3, -0.25) is 0 Å². The first kappa shape index (κ1) is 15.8. The Kier molecular flexibility index (Phi) is 6.32. The Morgan fingerprint density at radius 3 is 3.10 bits per heavy atom. The van der Waals surface area contributed by atoms with Crippen molar-refractivity contribution in [2.45, 2.75) is 51.5 Å². The lowest BCUT2D eigenvalue weighted by molar-refractivity contribution is 0.0187. The molecule has 1 aliphatic carbocycles. The molecule has 0 radical (unpaired) electrons. The van der Waals surface area contributed by atoms with Gasteiger partial charge in [0, 0.05) is 17.3 Å². The lowest BCUT2D eigenvalue weighted by Gasteiger charge is -2.22. The second-order valence-corrected chi connectivity index (χ2v) is 6.15. The van der Waals surface area contributed by atoms with Crippen LogP contribution in [0.3, 0.4) is 0 Å². The molecule has 0 aliphatic heterocycles. The third-order valence-corrected chi connectivity index (χ3v) is 4.61. The van der Waals surface area contributed by atoms with E-state index in [2.05, 4.69) is 17.2 Å². The minimum absolute atomic E-state index is 0.323. The predicted octanol–water partition coefficient (Wildman–Crippen LogP) is 3.34. The molecule has 0 amide bonds. The van der Waals surface area contributed by atoms with E-state index in [1.165, 1.54) is 17.0 Å². The number of halogens is 2. The number of nitrogens with zero attached hydrogens (tertiary/aromatic N) is 1. The zero-order chi connectivity index (χ0) is 14.4. The van der Waals surface area contributed by atoms with E-state index in [0.717, 1.165) is 30.8 Å². The van der Waals surface area contributed by atoms with Crippen LogP contribution < -0.4 is 5.32 Å². The maximum absolute atomic E-state index is 12.0. The molecule has 1 N–H and O–H groups in total. The van der Waals surface area contributed by atoms with Crippen LogP contribution in [0.15, 0.2) is 0 Å². The summed E-state index contributed by atoms with van der Waals surface area (Å²) in [5.74, 6) is 0. The number of hydrogen-bond acceptors (Lipinski definition) is 4. The van der Waals surface area contributed by atoms with Gasteiger partial charge in [-0.05, 0) is 32.2 Å². The number of rotatable bonds is 8. The summed E-state index contributed by atoms with van der Waals surface area (Å²) in [6.07, 6.45) is 2.73. The van der Waals surface area contributed by atoms with Crippen LogP contribution in [0.25, 0.3) is 0 Å². The fraction of sp³-hybridized carbons (Fsp3) is 0.786. The summed E-state index contributed by atoms with van der Waals surface area (Å²) < 4.78 is 28.9. The van der Waals surface area contributed by atoms with Crippen molar-refractivity contribution < 1.29 is 13.5 Å². The molecule has 0 saturated heterocycles. The van der Waals surface area contributed by atoms with E-state index < -0.39 is 13.0 Å². The molecule has 0 aromatic carbocycles. The van der Waals surface area contributed by atoms with Crippen molar-refractivity contribution in [2.24, 2.45) is 0 Å². The minimum Gasteiger partial charge on any atom is -0.375 e. The molecule has 2 rings (SSSR count). The number of fused-ring (bicyclic) bond motifs is 1. The fourth-order valence-electron chi connectivity index (χ4n) is 2.42. The first-order chi connectivity index (χ1) is 9.70. The van der Waals surface area contributed by atoms with E-state index in [4.69, 9.17) is 4.74 Å². The van der Waals surface area contributed by atoms with E-state index in [1.54, 1.807) is 11.3 Å². The first-order valence-corrected chi connectivity index (χ1v) is 8.10. The smallest absolute Gasteiger partial charge is 0.261 e. The Hall–Kier alpha value is -0.590. The van der Waals surface area contributed by atoms with Gasteiger partial charge in [0.2, 0.25) is 0 Å². The first-order valence-electron chi connectivity index (χ1n) is 7.28. The lowest BCUT2D eigenvalue weighted by Crippen LogP contribution is -2.24. The van der Waals surface area contributed by atoms with E-state index in [0.29, 0.717) is 19.1 Å². The molecular weight excluding hydrogens is 282 g/mol. The zero-order valence-corrected chi connectivity index (χ0v) is 12.6. The summed E-state index contributed by atoms with van der Waals surface area (Å²) in [7, 11) is 0. The molecule has 1 atom stereocenters. The van der Waals surface area contributed by atoms with Crippen LogP contribution in [0.2, 0.25) is 0 Å². The van der Waals surface area contributed by atoms with Crippen molar-refractivity contribution in [3.63, 3.8) is 0 Å². The minimum atomic E-state index is -2.39. The van der Waals surface area contributed by atoms with Gasteiger partial charge in [-0.15, -0.1) is 11.3 Å². The SMILES string of the molecule is CCCNC1CCCc2nc(CCOCC(F)F)sc21. The van der Waals surface area contributed by atoms with Gasteiger partial charge >= 0.3 is 0 Å². The average Bonchev–Trinajstić information content (AvgIpc) is 2.84. The Morgan fingerprint density at radius 1 is 1.50 bits per heavy atom. The van der Waals surface area contributed by atoms with Gasteiger partial charge in [0.05, 0.1) is 17.3 Å². The van der Waals surface area contributed by atoms with Crippen LogP contribution in [0.4, 0.5) is 8.78 Å². The number of aromatic nitrogens is 1. The molecule has 3 nitrogen and oxygen atoms in total.